The molecule has 2 aliphatic heterocycles. The van der Waals surface area contributed by atoms with Gasteiger partial charge in [0.15, 0.2) is 0 Å². The summed E-state index contributed by atoms with van der Waals surface area (Å²) in [6.45, 7) is 0.249. The summed E-state index contributed by atoms with van der Waals surface area (Å²) in [6.07, 6.45) is 3.71. The first-order valence-corrected chi connectivity index (χ1v) is 9.33. The van der Waals surface area contributed by atoms with Gasteiger partial charge < -0.3 is 9.64 Å². The lowest BCUT2D eigenvalue weighted by molar-refractivity contribution is -0.160. The summed E-state index contributed by atoms with van der Waals surface area (Å²) in [5, 5.41) is 0. The van der Waals surface area contributed by atoms with Gasteiger partial charge in [-0.15, -0.1) is 0 Å². The lowest BCUT2D eigenvalue weighted by Crippen LogP contribution is -2.49. The average molecular weight is 349 g/mol. The number of benzene rings is 2. The summed E-state index contributed by atoms with van der Waals surface area (Å²) in [5.74, 6) is -0.223. The number of ether oxygens (including phenoxy) is 1. The van der Waals surface area contributed by atoms with E-state index in [1.807, 2.05) is 47.4 Å². The van der Waals surface area contributed by atoms with Crippen LogP contribution >= 0.6 is 0 Å². The molecule has 0 bridgehead atoms. The summed E-state index contributed by atoms with van der Waals surface area (Å²) >= 11 is 0. The van der Waals surface area contributed by atoms with E-state index in [0.717, 1.165) is 24.8 Å². The van der Waals surface area contributed by atoms with Crippen molar-refractivity contribution in [3.05, 3.63) is 71.3 Å². The minimum atomic E-state index is -0.476. The van der Waals surface area contributed by atoms with Crippen molar-refractivity contribution in [1.82, 2.24) is 4.90 Å². The molecule has 1 saturated heterocycles. The number of hydrogen-bond donors (Lipinski definition) is 0. The van der Waals surface area contributed by atoms with Crippen molar-refractivity contribution in [3.8, 4) is 0 Å². The van der Waals surface area contributed by atoms with Crippen LogP contribution in [0.3, 0.4) is 0 Å². The molecular weight excluding hydrogens is 326 g/mol. The third kappa shape index (κ3) is 3.24. The van der Waals surface area contributed by atoms with Crippen molar-refractivity contribution < 1.29 is 14.3 Å². The van der Waals surface area contributed by atoms with Crippen LogP contribution in [-0.4, -0.2) is 22.8 Å². The molecule has 2 heterocycles. The highest BCUT2D eigenvalue weighted by atomic mass is 16.5. The fourth-order valence-electron chi connectivity index (χ4n) is 4.17. The zero-order valence-corrected chi connectivity index (χ0v) is 14.8. The first-order valence-electron chi connectivity index (χ1n) is 9.33. The molecule has 2 atom stereocenters. The molecule has 0 aromatic heterocycles. The molecule has 1 fully saturated rings. The van der Waals surface area contributed by atoms with Crippen molar-refractivity contribution >= 4 is 11.9 Å². The lowest BCUT2D eigenvalue weighted by Gasteiger charge is -2.40. The second-order valence-electron chi connectivity index (χ2n) is 7.06. The molecule has 26 heavy (non-hydrogen) atoms. The van der Waals surface area contributed by atoms with Crippen LogP contribution in [0.5, 0.6) is 0 Å². The summed E-state index contributed by atoms with van der Waals surface area (Å²) < 4.78 is 5.56. The lowest BCUT2D eigenvalue weighted by atomic mass is 9.89. The van der Waals surface area contributed by atoms with Crippen LogP contribution < -0.4 is 0 Å². The minimum absolute atomic E-state index is 0.00998. The molecule has 1 amide bonds. The molecule has 2 unspecified atom stereocenters. The van der Waals surface area contributed by atoms with Gasteiger partial charge in [0.25, 0.3) is 0 Å². The third-order valence-corrected chi connectivity index (χ3v) is 5.43. The van der Waals surface area contributed by atoms with Crippen molar-refractivity contribution in [1.29, 1.82) is 0 Å². The van der Waals surface area contributed by atoms with E-state index in [0.29, 0.717) is 12.8 Å². The maximum Gasteiger partial charge on any atom is 0.329 e. The zero-order chi connectivity index (χ0) is 17.9. The minimum Gasteiger partial charge on any atom is -0.459 e. The van der Waals surface area contributed by atoms with E-state index in [1.54, 1.807) is 0 Å². The van der Waals surface area contributed by atoms with E-state index in [2.05, 4.69) is 12.1 Å². The van der Waals surface area contributed by atoms with Crippen LogP contribution in [0.25, 0.3) is 0 Å². The summed E-state index contributed by atoms with van der Waals surface area (Å²) in [4.78, 5) is 27.4. The zero-order valence-electron chi connectivity index (χ0n) is 14.8. The molecule has 0 aliphatic carbocycles. The third-order valence-electron chi connectivity index (χ3n) is 5.43. The average Bonchev–Trinajstić information content (AvgIpc) is 2.84. The quantitative estimate of drug-likeness (QED) is 0.792. The maximum absolute atomic E-state index is 12.8. The Morgan fingerprint density at radius 1 is 1.00 bits per heavy atom. The second kappa shape index (κ2) is 7.32. The first-order chi connectivity index (χ1) is 12.7. The van der Waals surface area contributed by atoms with Crippen LogP contribution in [-0.2, 0) is 27.4 Å². The Hall–Kier alpha value is -2.62. The summed E-state index contributed by atoms with van der Waals surface area (Å²) in [7, 11) is 0. The molecule has 0 N–H and O–H groups in total. The van der Waals surface area contributed by atoms with Gasteiger partial charge in [-0.05, 0) is 42.4 Å². The number of carbonyl (C=O) groups is 2. The van der Waals surface area contributed by atoms with E-state index in [4.69, 9.17) is 4.74 Å². The normalized spacial score (nSPS) is 22.2. The SMILES string of the molecule is O=C(OCc1ccccc1)C1CCCC2c3ccccc3CCC(=O)N12. The van der Waals surface area contributed by atoms with Crippen LogP contribution in [0.1, 0.15) is 48.4 Å². The van der Waals surface area contributed by atoms with Gasteiger partial charge in [-0.3, -0.25) is 4.79 Å². The topological polar surface area (TPSA) is 46.6 Å². The van der Waals surface area contributed by atoms with Crippen LogP contribution in [0.4, 0.5) is 0 Å². The van der Waals surface area contributed by atoms with Gasteiger partial charge in [0.1, 0.15) is 12.6 Å². The highest BCUT2D eigenvalue weighted by Gasteiger charge is 2.41. The largest absolute Gasteiger partial charge is 0.459 e. The monoisotopic (exact) mass is 349 g/mol. The number of esters is 1. The van der Waals surface area contributed by atoms with E-state index < -0.39 is 6.04 Å². The number of carbonyl (C=O) groups excluding carboxylic acids is 2. The number of rotatable bonds is 3. The number of piperidine rings is 1. The molecule has 4 nitrogen and oxygen atoms in total. The van der Waals surface area contributed by atoms with Gasteiger partial charge in [-0.1, -0.05) is 54.6 Å². The Morgan fingerprint density at radius 2 is 1.77 bits per heavy atom. The molecular formula is C22H23NO3. The number of nitrogens with zero attached hydrogens (tertiary/aromatic N) is 1. The van der Waals surface area contributed by atoms with Crippen LogP contribution in [0.2, 0.25) is 0 Å². The molecule has 0 spiro atoms. The fraction of sp³-hybridized carbons (Fsp3) is 0.364. The summed E-state index contributed by atoms with van der Waals surface area (Å²) in [5.41, 5.74) is 3.38. The van der Waals surface area contributed by atoms with Gasteiger partial charge in [0.2, 0.25) is 5.91 Å². The molecule has 2 aromatic rings. The second-order valence-corrected chi connectivity index (χ2v) is 7.06. The highest BCUT2D eigenvalue weighted by Crippen LogP contribution is 2.39. The Kier molecular flexibility index (Phi) is 4.74. The van der Waals surface area contributed by atoms with Crippen molar-refractivity contribution in [3.63, 3.8) is 0 Å². The number of fused-ring (bicyclic) bond motifs is 3. The van der Waals surface area contributed by atoms with E-state index >= 15 is 0 Å². The molecule has 0 saturated carbocycles. The van der Waals surface area contributed by atoms with Crippen molar-refractivity contribution in [2.24, 2.45) is 0 Å². The maximum atomic E-state index is 12.8. The predicted octanol–water partition coefficient (Wildman–Crippen LogP) is 3.80. The Bertz CT molecular complexity index is 802. The fourth-order valence-corrected chi connectivity index (χ4v) is 4.17. The number of hydrogen-bond acceptors (Lipinski definition) is 3. The van der Waals surface area contributed by atoms with Gasteiger partial charge in [0.05, 0.1) is 6.04 Å². The first kappa shape index (κ1) is 16.8. The number of amides is 1. The molecule has 4 heteroatoms. The van der Waals surface area contributed by atoms with Gasteiger partial charge >= 0.3 is 5.97 Å². The molecule has 2 aliphatic rings. The van der Waals surface area contributed by atoms with Crippen LogP contribution in [0, 0.1) is 0 Å². The van der Waals surface area contributed by atoms with Crippen molar-refractivity contribution in [2.75, 3.05) is 0 Å². The molecule has 0 radical (unpaired) electrons. The van der Waals surface area contributed by atoms with E-state index in [1.165, 1.54) is 11.1 Å². The van der Waals surface area contributed by atoms with E-state index in [-0.39, 0.29) is 24.5 Å². The standard InChI is InChI=1S/C22H23NO3/c24-21-14-13-17-9-4-5-10-18(17)19-11-6-12-20(23(19)21)22(25)26-15-16-7-2-1-3-8-16/h1-5,7-10,19-20H,6,11-15H2. The summed E-state index contributed by atoms with van der Waals surface area (Å²) in [6, 6.07) is 17.4. The van der Waals surface area contributed by atoms with Gasteiger partial charge in [-0.2, -0.15) is 0 Å². The Morgan fingerprint density at radius 3 is 2.62 bits per heavy atom. The Balaban J connectivity index is 1.55. The Labute approximate surface area is 153 Å². The molecule has 2 aromatic carbocycles. The molecule has 4 rings (SSSR count). The van der Waals surface area contributed by atoms with Crippen LogP contribution in [0.15, 0.2) is 54.6 Å². The number of aryl methyl sites for hydroxylation is 1. The van der Waals surface area contributed by atoms with Gasteiger partial charge in [-0.25, -0.2) is 4.79 Å². The van der Waals surface area contributed by atoms with Crippen molar-refractivity contribution in [2.45, 2.75) is 50.8 Å². The highest BCUT2D eigenvalue weighted by molar-refractivity contribution is 5.86. The predicted molar refractivity (Wildman–Crippen MR) is 98.2 cm³/mol. The smallest absolute Gasteiger partial charge is 0.329 e. The van der Waals surface area contributed by atoms with E-state index in [9.17, 15) is 9.59 Å². The molecule has 134 valence electrons. The van der Waals surface area contributed by atoms with Gasteiger partial charge in [0, 0.05) is 6.42 Å².